The number of halogens is 1. The molecule has 0 fully saturated rings. The summed E-state index contributed by atoms with van der Waals surface area (Å²) in [6.45, 7) is 7.59. The minimum Gasteiger partial charge on any atom is -0.454 e. The smallest absolute Gasteiger partial charge is 0.231 e. The van der Waals surface area contributed by atoms with E-state index in [1.807, 2.05) is 18.2 Å². The number of hydrogen-bond acceptors (Lipinski definition) is 3. The van der Waals surface area contributed by atoms with Gasteiger partial charge in [-0.2, -0.15) is 0 Å². The van der Waals surface area contributed by atoms with E-state index in [1.165, 1.54) is 0 Å². The van der Waals surface area contributed by atoms with Gasteiger partial charge in [-0.05, 0) is 37.0 Å². The first-order chi connectivity index (χ1) is 9.08. The molecule has 0 saturated carbocycles. The van der Waals surface area contributed by atoms with E-state index in [9.17, 15) is 0 Å². The van der Waals surface area contributed by atoms with Crippen LogP contribution in [0.5, 0.6) is 11.5 Å². The summed E-state index contributed by atoms with van der Waals surface area (Å²) in [6, 6.07) is 6.01. The topological polar surface area (TPSA) is 27.7 Å². The van der Waals surface area contributed by atoms with Gasteiger partial charge in [-0.1, -0.05) is 35.8 Å². The molecule has 1 aliphatic rings. The van der Waals surface area contributed by atoms with Gasteiger partial charge in [0.2, 0.25) is 6.79 Å². The summed E-state index contributed by atoms with van der Waals surface area (Å²) in [4.78, 5) is 0.250. The van der Waals surface area contributed by atoms with Crippen LogP contribution in [-0.2, 0) is 4.74 Å². The molecule has 2 rings (SSSR count). The number of fused-ring (bicyclic) bond motifs is 1. The zero-order valence-electron chi connectivity index (χ0n) is 11.7. The van der Waals surface area contributed by atoms with Gasteiger partial charge in [-0.25, -0.2) is 0 Å². The van der Waals surface area contributed by atoms with Crippen molar-refractivity contribution in [3.8, 4) is 11.5 Å². The molecule has 3 nitrogen and oxygen atoms in total. The Hall–Kier alpha value is -0.740. The molecule has 4 heteroatoms. The second-order valence-corrected chi connectivity index (χ2v) is 6.71. The number of rotatable bonds is 6. The molecular weight excluding hydrogens is 308 g/mol. The van der Waals surface area contributed by atoms with E-state index in [-0.39, 0.29) is 10.9 Å². The average Bonchev–Trinajstić information content (AvgIpc) is 2.80. The fourth-order valence-electron chi connectivity index (χ4n) is 2.01. The Kier molecular flexibility index (Phi) is 5.11. The van der Waals surface area contributed by atoms with Crippen molar-refractivity contribution in [1.29, 1.82) is 0 Å². The molecular formula is C15H21BrO3. The fraction of sp³-hybridized carbons (Fsp3) is 0.600. The van der Waals surface area contributed by atoms with Gasteiger partial charge in [0, 0.05) is 11.4 Å². The van der Waals surface area contributed by atoms with Crippen LogP contribution in [0, 0.1) is 5.92 Å². The van der Waals surface area contributed by atoms with E-state index >= 15 is 0 Å². The van der Waals surface area contributed by atoms with Gasteiger partial charge in [0.25, 0.3) is 0 Å². The summed E-state index contributed by atoms with van der Waals surface area (Å²) in [5.74, 6) is 2.28. The van der Waals surface area contributed by atoms with E-state index in [0.717, 1.165) is 30.1 Å². The van der Waals surface area contributed by atoms with Gasteiger partial charge in [0.1, 0.15) is 0 Å². The second-order valence-electron chi connectivity index (χ2n) is 5.26. The average molecular weight is 329 g/mol. The predicted octanol–water partition coefficient (Wildman–Crippen LogP) is 4.30. The van der Waals surface area contributed by atoms with Crippen molar-refractivity contribution >= 4 is 15.9 Å². The van der Waals surface area contributed by atoms with Crippen LogP contribution in [0.2, 0.25) is 0 Å². The van der Waals surface area contributed by atoms with Crippen molar-refractivity contribution in [2.45, 2.75) is 38.1 Å². The summed E-state index contributed by atoms with van der Waals surface area (Å²) in [5.41, 5.74) is 1.12. The Morgan fingerprint density at radius 2 is 1.95 bits per heavy atom. The Bertz CT molecular complexity index is 418. The van der Waals surface area contributed by atoms with Crippen molar-refractivity contribution in [1.82, 2.24) is 0 Å². The van der Waals surface area contributed by atoms with Crippen molar-refractivity contribution in [2.75, 3.05) is 13.4 Å². The highest BCUT2D eigenvalue weighted by molar-refractivity contribution is 9.09. The fourth-order valence-corrected chi connectivity index (χ4v) is 2.47. The van der Waals surface area contributed by atoms with Crippen molar-refractivity contribution in [2.24, 2.45) is 5.92 Å². The van der Waals surface area contributed by atoms with Crippen LogP contribution in [-0.4, -0.2) is 18.2 Å². The largest absolute Gasteiger partial charge is 0.454 e. The lowest BCUT2D eigenvalue weighted by Crippen LogP contribution is -2.14. The molecule has 0 N–H and O–H groups in total. The molecule has 0 saturated heterocycles. The standard InChI is InChI=1S/C15H21BrO3/c1-10(2)6-7-17-15(11(3)16)12-4-5-13-14(8-12)19-9-18-13/h4-5,8,10-11,15H,6-7,9H2,1-3H3/t11-,15+/m1/s1. The van der Waals surface area contributed by atoms with E-state index in [0.29, 0.717) is 12.7 Å². The van der Waals surface area contributed by atoms with Crippen molar-refractivity contribution in [3.63, 3.8) is 0 Å². The van der Waals surface area contributed by atoms with Crippen LogP contribution < -0.4 is 9.47 Å². The minimum atomic E-state index is 0.0354. The third-order valence-electron chi connectivity index (χ3n) is 3.13. The number of hydrogen-bond donors (Lipinski definition) is 0. The van der Waals surface area contributed by atoms with Gasteiger partial charge >= 0.3 is 0 Å². The van der Waals surface area contributed by atoms with Crippen LogP contribution in [0.25, 0.3) is 0 Å². The molecule has 0 unspecified atom stereocenters. The quantitative estimate of drug-likeness (QED) is 0.728. The molecule has 2 atom stereocenters. The summed E-state index contributed by atoms with van der Waals surface area (Å²) in [7, 11) is 0. The third-order valence-corrected chi connectivity index (χ3v) is 3.62. The van der Waals surface area contributed by atoms with Crippen LogP contribution in [0.1, 0.15) is 38.9 Å². The van der Waals surface area contributed by atoms with Crippen LogP contribution in [0.15, 0.2) is 18.2 Å². The lowest BCUT2D eigenvalue weighted by atomic mass is 10.1. The molecule has 1 aromatic rings. The molecule has 1 heterocycles. The Balaban J connectivity index is 2.06. The molecule has 19 heavy (non-hydrogen) atoms. The summed E-state index contributed by atoms with van der Waals surface area (Å²) < 4.78 is 16.8. The third kappa shape index (κ3) is 3.86. The summed E-state index contributed by atoms with van der Waals surface area (Å²) in [6.07, 6.45) is 1.11. The lowest BCUT2D eigenvalue weighted by Gasteiger charge is -2.21. The lowest BCUT2D eigenvalue weighted by molar-refractivity contribution is 0.0480. The van der Waals surface area contributed by atoms with Gasteiger partial charge in [-0.15, -0.1) is 0 Å². The highest BCUT2D eigenvalue weighted by Gasteiger charge is 2.21. The number of ether oxygens (including phenoxy) is 3. The molecule has 0 spiro atoms. The van der Waals surface area contributed by atoms with Gasteiger partial charge in [-0.3, -0.25) is 0 Å². The molecule has 0 bridgehead atoms. The molecule has 0 aromatic heterocycles. The molecule has 0 aliphatic carbocycles. The molecule has 106 valence electrons. The maximum absolute atomic E-state index is 6.02. The Morgan fingerprint density at radius 3 is 2.63 bits per heavy atom. The Morgan fingerprint density at radius 1 is 1.21 bits per heavy atom. The maximum Gasteiger partial charge on any atom is 0.231 e. The zero-order chi connectivity index (χ0) is 13.8. The number of benzene rings is 1. The normalized spacial score (nSPS) is 16.7. The highest BCUT2D eigenvalue weighted by Crippen LogP contribution is 2.36. The SMILES string of the molecule is CC(C)CCO[C@H](c1ccc2c(c1)OCO2)[C@@H](C)Br. The van der Waals surface area contributed by atoms with Crippen LogP contribution in [0.3, 0.4) is 0 Å². The second kappa shape index (κ2) is 6.62. The number of alkyl halides is 1. The van der Waals surface area contributed by atoms with Crippen LogP contribution >= 0.6 is 15.9 Å². The van der Waals surface area contributed by atoms with E-state index in [4.69, 9.17) is 14.2 Å². The monoisotopic (exact) mass is 328 g/mol. The van der Waals surface area contributed by atoms with Crippen molar-refractivity contribution in [3.05, 3.63) is 23.8 Å². The predicted molar refractivity (Wildman–Crippen MR) is 79.1 cm³/mol. The molecule has 1 aliphatic heterocycles. The summed E-state index contributed by atoms with van der Waals surface area (Å²) >= 11 is 3.63. The zero-order valence-corrected chi connectivity index (χ0v) is 13.3. The first-order valence-electron chi connectivity index (χ1n) is 6.73. The van der Waals surface area contributed by atoms with Gasteiger partial charge in [0.05, 0.1) is 6.10 Å². The van der Waals surface area contributed by atoms with Gasteiger partial charge in [0.15, 0.2) is 11.5 Å². The van der Waals surface area contributed by atoms with E-state index < -0.39 is 0 Å². The van der Waals surface area contributed by atoms with Crippen molar-refractivity contribution < 1.29 is 14.2 Å². The minimum absolute atomic E-state index is 0.0354. The molecule has 0 radical (unpaired) electrons. The molecule has 1 aromatic carbocycles. The highest BCUT2D eigenvalue weighted by atomic mass is 79.9. The van der Waals surface area contributed by atoms with Gasteiger partial charge < -0.3 is 14.2 Å². The maximum atomic E-state index is 6.02. The summed E-state index contributed by atoms with van der Waals surface area (Å²) in [5, 5.41) is 0. The van der Waals surface area contributed by atoms with Crippen LogP contribution in [0.4, 0.5) is 0 Å². The first kappa shape index (κ1) is 14.7. The van der Waals surface area contributed by atoms with E-state index in [1.54, 1.807) is 0 Å². The first-order valence-corrected chi connectivity index (χ1v) is 7.64. The van der Waals surface area contributed by atoms with E-state index in [2.05, 4.69) is 36.7 Å². The molecule has 0 amide bonds. The Labute approximate surface area is 123 Å².